The number of fused-ring (bicyclic) bond motifs is 1. The Hall–Kier alpha value is -4.15. The molecule has 0 aliphatic carbocycles. The number of hydrogen-bond acceptors (Lipinski definition) is 11. The fourth-order valence-corrected chi connectivity index (χ4v) is 3.23. The molecule has 4 rings (SSSR count). The second-order valence-corrected chi connectivity index (χ2v) is 6.69. The second-order valence-electron chi connectivity index (χ2n) is 6.69. The molecule has 33 heavy (non-hydrogen) atoms. The van der Waals surface area contributed by atoms with E-state index in [1.807, 2.05) is 0 Å². The number of methoxy groups -OCH3 is 4. The molecule has 0 saturated carbocycles. The molecular weight excluding hydrogens is 436 g/mol. The lowest BCUT2D eigenvalue weighted by atomic mass is 10.1. The Bertz CT molecular complexity index is 1120. The Morgan fingerprint density at radius 1 is 0.879 bits per heavy atom. The van der Waals surface area contributed by atoms with E-state index in [-0.39, 0.29) is 24.0 Å². The third kappa shape index (κ3) is 4.43. The van der Waals surface area contributed by atoms with Gasteiger partial charge in [-0.05, 0) is 24.3 Å². The molecule has 11 nitrogen and oxygen atoms in total. The third-order valence-corrected chi connectivity index (χ3v) is 4.77. The summed E-state index contributed by atoms with van der Waals surface area (Å²) < 4.78 is 43.3. The smallest absolute Gasteiger partial charge is 0.338 e. The van der Waals surface area contributed by atoms with Crippen molar-refractivity contribution in [3.05, 3.63) is 35.7 Å². The number of esters is 1. The molecule has 1 aliphatic heterocycles. The Morgan fingerprint density at radius 3 is 2.24 bits per heavy atom. The largest absolute Gasteiger partial charge is 0.493 e. The van der Waals surface area contributed by atoms with E-state index < -0.39 is 5.97 Å². The van der Waals surface area contributed by atoms with Gasteiger partial charge in [0.25, 0.3) is 5.89 Å². The van der Waals surface area contributed by atoms with Crippen LogP contribution in [-0.2, 0) is 11.3 Å². The molecule has 174 valence electrons. The lowest BCUT2D eigenvalue weighted by molar-refractivity contribution is 0.0437. The van der Waals surface area contributed by atoms with Gasteiger partial charge in [0.15, 0.2) is 29.6 Å². The van der Waals surface area contributed by atoms with Crippen molar-refractivity contribution < 1.29 is 42.4 Å². The lowest BCUT2D eigenvalue weighted by Gasteiger charge is -2.21. The predicted octanol–water partition coefficient (Wildman–Crippen LogP) is 2.90. The van der Waals surface area contributed by atoms with Gasteiger partial charge in [-0.3, -0.25) is 0 Å². The van der Waals surface area contributed by atoms with Crippen molar-refractivity contribution in [2.75, 3.05) is 41.7 Å². The van der Waals surface area contributed by atoms with E-state index in [1.54, 1.807) is 12.1 Å². The van der Waals surface area contributed by atoms with Crippen molar-refractivity contribution in [1.29, 1.82) is 0 Å². The van der Waals surface area contributed by atoms with Gasteiger partial charge in [-0.15, -0.1) is 10.2 Å². The molecule has 0 unspecified atom stereocenters. The summed E-state index contributed by atoms with van der Waals surface area (Å²) in [6, 6.07) is 6.40. The topological polar surface area (TPSA) is 121 Å². The maximum Gasteiger partial charge on any atom is 0.338 e. The first-order valence-electron chi connectivity index (χ1n) is 9.85. The van der Waals surface area contributed by atoms with E-state index in [4.69, 9.17) is 37.6 Å². The summed E-state index contributed by atoms with van der Waals surface area (Å²) in [5.41, 5.74) is 0.784. The average molecular weight is 458 g/mol. The molecule has 0 radical (unpaired) electrons. The predicted molar refractivity (Wildman–Crippen MR) is 112 cm³/mol. The van der Waals surface area contributed by atoms with E-state index >= 15 is 0 Å². The number of aromatic nitrogens is 2. The minimum atomic E-state index is -0.613. The van der Waals surface area contributed by atoms with E-state index in [0.29, 0.717) is 53.3 Å². The van der Waals surface area contributed by atoms with Crippen LogP contribution in [0.15, 0.2) is 28.7 Å². The third-order valence-electron chi connectivity index (χ3n) is 4.77. The van der Waals surface area contributed by atoms with Crippen LogP contribution in [0.25, 0.3) is 11.5 Å². The van der Waals surface area contributed by atoms with Crippen molar-refractivity contribution >= 4 is 5.97 Å². The highest BCUT2D eigenvalue weighted by Gasteiger charge is 2.22. The summed E-state index contributed by atoms with van der Waals surface area (Å²) in [4.78, 5) is 12.6. The molecule has 0 amide bonds. The number of carbonyl (C=O) groups is 1. The number of ether oxygens (including phenoxy) is 7. The van der Waals surface area contributed by atoms with Gasteiger partial charge >= 0.3 is 5.97 Å². The SMILES string of the molecule is COc1cc(-c2nnc(COC(=O)c3cc(OC)c4c(c3)OCCO4)o2)cc(OC)c1OC. The van der Waals surface area contributed by atoms with Crippen molar-refractivity contribution in [1.82, 2.24) is 10.2 Å². The zero-order chi connectivity index (χ0) is 23.4. The molecule has 2 heterocycles. The number of hydrogen-bond donors (Lipinski definition) is 0. The molecule has 0 bridgehead atoms. The first-order chi connectivity index (χ1) is 16.1. The van der Waals surface area contributed by atoms with Crippen LogP contribution in [0, 0.1) is 0 Å². The zero-order valence-corrected chi connectivity index (χ0v) is 18.5. The van der Waals surface area contributed by atoms with Crippen molar-refractivity contribution in [2.24, 2.45) is 0 Å². The minimum absolute atomic E-state index is 0.108. The number of benzene rings is 2. The van der Waals surface area contributed by atoms with E-state index in [2.05, 4.69) is 10.2 Å². The van der Waals surface area contributed by atoms with Gasteiger partial charge in [-0.2, -0.15) is 0 Å². The van der Waals surface area contributed by atoms with Gasteiger partial charge < -0.3 is 37.6 Å². The van der Waals surface area contributed by atoms with Gasteiger partial charge in [0.2, 0.25) is 17.4 Å². The fraction of sp³-hybridized carbons (Fsp3) is 0.318. The van der Waals surface area contributed by atoms with Crippen LogP contribution in [0.4, 0.5) is 0 Å². The lowest BCUT2D eigenvalue weighted by Crippen LogP contribution is -2.17. The van der Waals surface area contributed by atoms with Crippen LogP contribution in [0.2, 0.25) is 0 Å². The summed E-state index contributed by atoms with van der Waals surface area (Å²) in [5.74, 6) is 2.24. The highest BCUT2D eigenvalue weighted by Crippen LogP contribution is 2.41. The maximum absolute atomic E-state index is 12.6. The minimum Gasteiger partial charge on any atom is -0.493 e. The summed E-state index contributed by atoms with van der Waals surface area (Å²) in [6.45, 7) is 0.548. The second kappa shape index (κ2) is 9.55. The van der Waals surface area contributed by atoms with Gasteiger partial charge in [-0.25, -0.2) is 4.79 Å². The number of carbonyl (C=O) groups excluding carboxylic acids is 1. The molecule has 1 aliphatic rings. The molecule has 0 atom stereocenters. The van der Waals surface area contributed by atoms with E-state index in [9.17, 15) is 4.79 Å². The highest BCUT2D eigenvalue weighted by atomic mass is 16.6. The normalized spacial score (nSPS) is 12.1. The first kappa shape index (κ1) is 22.1. The monoisotopic (exact) mass is 458 g/mol. The summed E-state index contributed by atoms with van der Waals surface area (Å²) >= 11 is 0. The summed E-state index contributed by atoms with van der Waals surface area (Å²) in [7, 11) is 6.00. The first-order valence-corrected chi connectivity index (χ1v) is 9.85. The van der Waals surface area contributed by atoms with Crippen molar-refractivity contribution in [3.63, 3.8) is 0 Å². The van der Waals surface area contributed by atoms with E-state index in [1.165, 1.54) is 40.6 Å². The van der Waals surface area contributed by atoms with Crippen LogP contribution < -0.4 is 28.4 Å². The summed E-state index contributed by atoms with van der Waals surface area (Å²) in [5, 5.41) is 7.95. The van der Waals surface area contributed by atoms with Crippen LogP contribution >= 0.6 is 0 Å². The Balaban J connectivity index is 1.49. The van der Waals surface area contributed by atoms with Crippen molar-refractivity contribution in [2.45, 2.75) is 6.61 Å². The Morgan fingerprint density at radius 2 is 1.58 bits per heavy atom. The fourth-order valence-electron chi connectivity index (χ4n) is 3.23. The number of rotatable bonds is 8. The maximum atomic E-state index is 12.6. The standard InChI is InChI=1S/C22H22N2O9/c1-26-14-7-12(8-15(27-2)19(14)29-4)21-24-23-18(33-21)11-32-22(25)13-9-16(28-3)20-17(10-13)30-5-6-31-20/h7-10H,5-6,11H2,1-4H3. The highest BCUT2D eigenvalue weighted by molar-refractivity contribution is 5.91. The van der Waals surface area contributed by atoms with Gasteiger partial charge in [0.1, 0.15) is 13.2 Å². The van der Waals surface area contributed by atoms with Crippen LogP contribution in [-0.4, -0.2) is 57.8 Å². The molecule has 0 N–H and O–H groups in total. The molecule has 0 saturated heterocycles. The molecule has 0 fully saturated rings. The van der Waals surface area contributed by atoms with Crippen LogP contribution in [0.1, 0.15) is 16.2 Å². The molecule has 2 aromatic carbocycles. The Labute approximate surface area is 189 Å². The quantitative estimate of drug-likeness (QED) is 0.463. The zero-order valence-electron chi connectivity index (χ0n) is 18.5. The average Bonchev–Trinajstić information content (AvgIpc) is 3.34. The number of nitrogens with zero attached hydrogens (tertiary/aromatic N) is 2. The Kier molecular flexibility index (Phi) is 6.38. The molecule has 1 aromatic heterocycles. The molecule has 3 aromatic rings. The van der Waals surface area contributed by atoms with Crippen LogP contribution in [0.3, 0.4) is 0 Å². The summed E-state index contributed by atoms with van der Waals surface area (Å²) in [6.07, 6.45) is 0. The molecular formula is C22H22N2O9. The van der Waals surface area contributed by atoms with Crippen LogP contribution in [0.5, 0.6) is 34.5 Å². The van der Waals surface area contributed by atoms with E-state index in [0.717, 1.165) is 0 Å². The van der Waals surface area contributed by atoms with Gasteiger partial charge in [0, 0.05) is 5.56 Å². The molecule has 0 spiro atoms. The molecule has 11 heteroatoms. The van der Waals surface area contributed by atoms with Gasteiger partial charge in [-0.1, -0.05) is 0 Å². The van der Waals surface area contributed by atoms with Crippen molar-refractivity contribution in [3.8, 4) is 46.0 Å². The van der Waals surface area contributed by atoms with Gasteiger partial charge in [0.05, 0.1) is 34.0 Å².